The van der Waals surface area contributed by atoms with E-state index in [1.165, 1.54) is 0 Å². The van der Waals surface area contributed by atoms with Crippen LogP contribution < -0.4 is 5.32 Å². The number of hydrogen-bond acceptors (Lipinski definition) is 1. The molecule has 1 aromatic rings. The summed E-state index contributed by atoms with van der Waals surface area (Å²) in [7, 11) is 0. The van der Waals surface area contributed by atoms with Gasteiger partial charge in [-0.05, 0) is 101 Å². The molecule has 0 aromatic heterocycles. The number of rotatable bonds is 1. The van der Waals surface area contributed by atoms with Crippen molar-refractivity contribution in [2.45, 2.75) is 26.3 Å². The van der Waals surface area contributed by atoms with E-state index in [9.17, 15) is 4.79 Å². The largest absolute Gasteiger partial charge is 0.347 e. The summed E-state index contributed by atoms with van der Waals surface area (Å²) in [5.41, 5.74) is 0.555. The number of carbonyl (C=O) groups excluding carboxylic acids is 1. The molecule has 0 aliphatic rings. The van der Waals surface area contributed by atoms with Crippen LogP contribution in [0.2, 0.25) is 0 Å². The predicted molar refractivity (Wildman–Crippen MR) is 91.8 cm³/mol. The van der Waals surface area contributed by atoms with Crippen molar-refractivity contribution in [3.8, 4) is 0 Å². The topological polar surface area (TPSA) is 29.1 Å². The molecule has 88 valence electrons. The van der Waals surface area contributed by atoms with E-state index in [0.717, 1.165) is 16.3 Å². The van der Waals surface area contributed by atoms with Gasteiger partial charge in [0.15, 0.2) is 0 Å². The van der Waals surface area contributed by atoms with Crippen molar-refractivity contribution in [2.75, 3.05) is 0 Å². The smallest absolute Gasteiger partial charge is 0.252 e. The molecule has 1 aromatic carbocycles. The van der Waals surface area contributed by atoms with E-state index in [0.29, 0.717) is 0 Å². The van der Waals surface area contributed by atoms with Crippen LogP contribution >= 0.6 is 67.8 Å². The van der Waals surface area contributed by atoms with E-state index >= 15 is 0 Å². The van der Waals surface area contributed by atoms with Gasteiger partial charge in [-0.1, -0.05) is 0 Å². The van der Waals surface area contributed by atoms with Gasteiger partial charge in [0, 0.05) is 16.2 Å². The van der Waals surface area contributed by atoms with Gasteiger partial charge < -0.3 is 5.32 Å². The van der Waals surface area contributed by atoms with Crippen molar-refractivity contribution in [3.05, 3.63) is 28.4 Å². The van der Waals surface area contributed by atoms with Gasteiger partial charge in [0.05, 0.1) is 5.56 Å². The quantitative estimate of drug-likeness (QED) is 0.412. The maximum absolute atomic E-state index is 12.1. The van der Waals surface area contributed by atoms with Crippen molar-refractivity contribution in [1.29, 1.82) is 0 Å². The molecule has 0 unspecified atom stereocenters. The fourth-order valence-corrected chi connectivity index (χ4v) is 3.53. The fourth-order valence-electron chi connectivity index (χ4n) is 1.13. The van der Waals surface area contributed by atoms with Crippen LogP contribution in [0.4, 0.5) is 0 Å². The van der Waals surface area contributed by atoms with Gasteiger partial charge in [-0.25, -0.2) is 0 Å². The van der Waals surface area contributed by atoms with E-state index in [1.54, 1.807) is 0 Å². The SMILES string of the molecule is CC(C)(C)NC(=O)c1cc(I)cc(I)c1I. The van der Waals surface area contributed by atoms with Crippen LogP contribution in [0, 0.1) is 10.7 Å². The number of hydrogen-bond donors (Lipinski definition) is 1. The van der Waals surface area contributed by atoms with E-state index < -0.39 is 0 Å². The minimum absolute atomic E-state index is 0.00617. The Hall–Kier alpha value is 0.880. The molecule has 0 aliphatic heterocycles. The molecule has 0 fully saturated rings. The van der Waals surface area contributed by atoms with E-state index in [4.69, 9.17) is 0 Å². The van der Waals surface area contributed by atoms with Gasteiger partial charge in [0.25, 0.3) is 5.91 Å². The van der Waals surface area contributed by atoms with Gasteiger partial charge in [-0.3, -0.25) is 4.79 Å². The highest BCUT2D eigenvalue weighted by atomic mass is 127. The minimum atomic E-state index is -0.202. The Morgan fingerprint density at radius 1 is 1.19 bits per heavy atom. The highest BCUT2D eigenvalue weighted by Gasteiger charge is 2.18. The summed E-state index contributed by atoms with van der Waals surface area (Å²) in [6, 6.07) is 3.99. The summed E-state index contributed by atoms with van der Waals surface area (Å²) < 4.78 is 3.21. The molecule has 1 amide bonds. The predicted octanol–water partition coefficient (Wildman–Crippen LogP) is 4.03. The second-order valence-corrected chi connectivity index (χ2v) is 7.94. The summed E-state index contributed by atoms with van der Waals surface area (Å²) >= 11 is 6.70. The summed E-state index contributed by atoms with van der Waals surface area (Å²) in [5, 5.41) is 2.98. The molecule has 0 heterocycles. The lowest BCUT2D eigenvalue weighted by Gasteiger charge is -2.21. The molecule has 2 nitrogen and oxygen atoms in total. The van der Waals surface area contributed by atoms with Crippen LogP contribution in [0.5, 0.6) is 0 Å². The molecule has 0 atom stereocenters. The lowest BCUT2D eigenvalue weighted by Crippen LogP contribution is -2.41. The normalized spacial score (nSPS) is 11.4. The molecule has 0 spiro atoms. The molecule has 0 saturated heterocycles. The number of amides is 1. The Labute approximate surface area is 137 Å². The molecule has 0 bridgehead atoms. The van der Waals surface area contributed by atoms with Crippen molar-refractivity contribution in [2.24, 2.45) is 0 Å². The van der Waals surface area contributed by atoms with E-state index in [2.05, 4.69) is 79.2 Å². The maximum atomic E-state index is 12.1. The average Bonchev–Trinajstić information content (AvgIpc) is 2.08. The first kappa shape index (κ1) is 14.9. The van der Waals surface area contributed by atoms with Crippen LogP contribution in [0.25, 0.3) is 0 Å². The zero-order chi connectivity index (χ0) is 12.5. The molecule has 1 N–H and O–H groups in total. The Bertz CT molecular complexity index is 424. The lowest BCUT2D eigenvalue weighted by molar-refractivity contribution is 0.0918. The van der Waals surface area contributed by atoms with Crippen LogP contribution in [-0.4, -0.2) is 11.4 Å². The van der Waals surface area contributed by atoms with Crippen molar-refractivity contribution >= 4 is 73.7 Å². The van der Waals surface area contributed by atoms with E-state index in [1.807, 2.05) is 26.8 Å². The van der Waals surface area contributed by atoms with Gasteiger partial charge in [0.2, 0.25) is 0 Å². The van der Waals surface area contributed by atoms with Crippen LogP contribution in [0.15, 0.2) is 12.1 Å². The zero-order valence-corrected chi connectivity index (χ0v) is 15.7. The lowest BCUT2D eigenvalue weighted by atomic mass is 10.1. The van der Waals surface area contributed by atoms with Gasteiger partial charge >= 0.3 is 0 Å². The number of carbonyl (C=O) groups is 1. The summed E-state index contributed by atoms with van der Waals surface area (Å²) in [6.45, 7) is 5.95. The second-order valence-electron chi connectivity index (χ2n) is 4.45. The molecular weight excluding hydrogens is 543 g/mol. The van der Waals surface area contributed by atoms with Crippen LogP contribution in [0.3, 0.4) is 0 Å². The molecule has 0 radical (unpaired) electrons. The third-order valence-corrected chi connectivity index (χ3v) is 5.39. The van der Waals surface area contributed by atoms with Crippen LogP contribution in [0.1, 0.15) is 31.1 Å². The van der Waals surface area contributed by atoms with Gasteiger partial charge in [-0.2, -0.15) is 0 Å². The third-order valence-electron chi connectivity index (χ3n) is 1.73. The number of benzene rings is 1. The molecule has 0 saturated carbocycles. The van der Waals surface area contributed by atoms with Crippen LogP contribution in [-0.2, 0) is 0 Å². The summed E-state index contributed by atoms with van der Waals surface area (Å²) in [4.78, 5) is 12.1. The van der Waals surface area contributed by atoms with Gasteiger partial charge in [0.1, 0.15) is 0 Å². The highest BCUT2D eigenvalue weighted by Crippen LogP contribution is 2.23. The Morgan fingerprint density at radius 3 is 2.25 bits per heavy atom. The highest BCUT2D eigenvalue weighted by molar-refractivity contribution is 14.1. The zero-order valence-electron chi connectivity index (χ0n) is 9.20. The summed E-state index contributed by atoms with van der Waals surface area (Å²) in [6.07, 6.45) is 0. The first-order valence-electron chi connectivity index (χ1n) is 4.68. The van der Waals surface area contributed by atoms with Crippen molar-refractivity contribution < 1.29 is 4.79 Å². The Balaban J connectivity index is 3.09. The molecule has 5 heteroatoms. The number of halogens is 3. The average molecular weight is 555 g/mol. The fraction of sp³-hybridized carbons (Fsp3) is 0.364. The molecule has 0 aliphatic carbocycles. The molecule has 1 rings (SSSR count). The van der Waals surface area contributed by atoms with Gasteiger partial charge in [-0.15, -0.1) is 0 Å². The molecule has 16 heavy (non-hydrogen) atoms. The minimum Gasteiger partial charge on any atom is -0.347 e. The van der Waals surface area contributed by atoms with E-state index in [-0.39, 0.29) is 11.4 Å². The monoisotopic (exact) mass is 555 g/mol. The Morgan fingerprint density at radius 2 is 1.75 bits per heavy atom. The second kappa shape index (κ2) is 5.68. The first-order valence-corrected chi connectivity index (χ1v) is 7.91. The van der Waals surface area contributed by atoms with Crippen molar-refractivity contribution in [1.82, 2.24) is 5.32 Å². The third kappa shape index (κ3) is 4.28. The standard InChI is InChI=1S/C11H12I3NO/c1-11(2,3)15-10(16)7-4-6(12)5-8(13)9(7)14/h4-5H,1-3H3,(H,15,16). The summed E-state index contributed by atoms with van der Waals surface area (Å²) in [5.74, 6) is -0.00617. The molecular formula is C11H12I3NO. The first-order chi connectivity index (χ1) is 7.20. The maximum Gasteiger partial charge on any atom is 0.252 e. The van der Waals surface area contributed by atoms with Crippen molar-refractivity contribution in [3.63, 3.8) is 0 Å². The Kier molecular flexibility index (Phi) is 5.30. The number of nitrogens with one attached hydrogen (secondary N) is 1.